The molecular formula is C30H32N4O5. The summed E-state index contributed by atoms with van der Waals surface area (Å²) in [5.41, 5.74) is 3.68. The molecule has 2 amide bonds. The van der Waals surface area contributed by atoms with Crippen LogP contribution >= 0.6 is 0 Å². The second kappa shape index (κ2) is 11.8. The fourth-order valence-corrected chi connectivity index (χ4v) is 4.03. The van der Waals surface area contributed by atoms with Crippen LogP contribution in [0.25, 0.3) is 16.8 Å². The van der Waals surface area contributed by atoms with Gasteiger partial charge in [-0.15, -0.1) is 0 Å². The maximum atomic E-state index is 13.5. The molecule has 2 heterocycles. The minimum absolute atomic E-state index is 0.0441. The van der Waals surface area contributed by atoms with Gasteiger partial charge in [-0.25, -0.2) is 9.78 Å². The van der Waals surface area contributed by atoms with Crippen molar-refractivity contribution >= 4 is 29.2 Å². The number of hydrogen-bond donors (Lipinski definition) is 2. The number of para-hydroxylation sites is 1. The minimum atomic E-state index is -0.585. The molecular weight excluding hydrogens is 496 g/mol. The van der Waals surface area contributed by atoms with E-state index < -0.39 is 17.6 Å². The molecule has 4 aromatic rings. The Morgan fingerprint density at radius 1 is 1.00 bits per heavy atom. The van der Waals surface area contributed by atoms with E-state index in [-0.39, 0.29) is 31.2 Å². The van der Waals surface area contributed by atoms with Crippen LogP contribution in [0.5, 0.6) is 0 Å². The molecule has 0 atom stereocenters. The third-order valence-corrected chi connectivity index (χ3v) is 5.69. The van der Waals surface area contributed by atoms with Crippen molar-refractivity contribution in [2.45, 2.75) is 46.3 Å². The predicted molar refractivity (Wildman–Crippen MR) is 148 cm³/mol. The fraction of sp³-hybridized carbons (Fsp3) is 0.267. The van der Waals surface area contributed by atoms with Crippen LogP contribution in [0.4, 0.5) is 10.5 Å². The summed E-state index contributed by atoms with van der Waals surface area (Å²) >= 11 is 0. The first kappa shape index (κ1) is 27.4. The smallest absolute Gasteiger partial charge is 0.407 e. The summed E-state index contributed by atoms with van der Waals surface area (Å²) < 4.78 is 12.2. The van der Waals surface area contributed by atoms with Crippen molar-refractivity contribution in [2.75, 3.05) is 11.9 Å². The van der Waals surface area contributed by atoms with Gasteiger partial charge in [0.15, 0.2) is 5.69 Å². The lowest BCUT2D eigenvalue weighted by Gasteiger charge is -2.19. The summed E-state index contributed by atoms with van der Waals surface area (Å²) in [7, 11) is 0. The number of hydrogen-bond acceptors (Lipinski definition) is 6. The van der Waals surface area contributed by atoms with Gasteiger partial charge < -0.3 is 24.5 Å². The molecule has 0 fully saturated rings. The maximum Gasteiger partial charge on any atom is 0.407 e. The van der Waals surface area contributed by atoms with Gasteiger partial charge in [-0.3, -0.25) is 9.59 Å². The molecule has 2 N–H and O–H groups in total. The quantitative estimate of drug-likeness (QED) is 0.297. The van der Waals surface area contributed by atoms with Crippen LogP contribution in [0.15, 0.2) is 73.1 Å². The van der Waals surface area contributed by atoms with Crippen LogP contribution in [-0.4, -0.2) is 39.6 Å². The van der Waals surface area contributed by atoms with Gasteiger partial charge in [0.25, 0.3) is 5.91 Å². The van der Waals surface area contributed by atoms with Gasteiger partial charge in [-0.2, -0.15) is 0 Å². The Hall–Kier alpha value is -4.66. The standard InChI is InChI=1S/C30H32N4O5/c1-5-38-26(35)17-22-11-6-7-13-23(22)33-28(36)27-25-14-9-15-34(25)19-24(32-27)21-12-8-10-20(16-21)18-31-29(37)39-30(2,3)4/h6-16,19H,5,17-18H2,1-4H3,(H,31,37)(H,33,36). The first-order chi connectivity index (χ1) is 18.6. The first-order valence-corrected chi connectivity index (χ1v) is 12.7. The highest BCUT2D eigenvalue weighted by Gasteiger charge is 2.18. The van der Waals surface area contributed by atoms with Crippen LogP contribution in [0, 0.1) is 0 Å². The molecule has 0 spiro atoms. The highest BCUT2D eigenvalue weighted by Crippen LogP contribution is 2.23. The number of ether oxygens (including phenoxy) is 2. The van der Waals surface area contributed by atoms with Crippen LogP contribution < -0.4 is 10.6 Å². The molecule has 0 aliphatic heterocycles. The lowest BCUT2D eigenvalue weighted by Crippen LogP contribution is -2.32. The van der Waals surface area contributed by atoms with Crippen molar-refractivity contribution in [2.24, 2.45) is 0 Å². The molecule has 0 aliphatic rings. The second-order valence-corrected chi connectivity index (χ2v) is 9.92. The number of nitrogens with zero attached hydrogens (tertiary/aromatic N) is 2. The summed E-state index contributed by atoms with van der Waals surface area (Å²) in [6.07, 6.45) is 3.24. The van der Waals surface area contributed by atoms with E-state index in [1.807, 2.05) is 74.0 Å². The van der Waals surface area contributed by atoms with E-state index >= 15 is 0 Å². The fourth-order valence-electron chi connectivity index (χ4n) is 4.03. The number of fused-ring (bicyclic) bond motifs is 1. The molecule has 9 heteroatoms. The Kier molecular flexibility index (Phi) is 8.29. The van der Waals surface area contributed by atoms with Gasteiger partial charge in [0.05, 0.1) is 24.2 Å². The molecule has 0 saturated carbocycles. The molecule has 9 nitrogen and oxygen atoms in total. The van der Waals surface area contributed by atoms with Crippen LogP contribution in [0.1, 0.15) is 49.3 Å². The third kappa shape index (κ3) is 7.22. The van der Waals surface area contributed by atoms with Crippen LogP contribution in [-0.2, 0) is 27.2 Å². The molecule has 0 radical (unpaired) electrons. The van der Waals surface area contributed by atoms with Crippen LogP contribution in [0.3, 0.4) is 0 Å². The highest BCUT2D eigenvalue weighted by atomic mass is 16.6. The Morgan fingerprint density at radius 3 is 2.56 bits per heavy atom. The van der Waals surface area contributed by atoms with E-state index in [4.69, 9.17) is 14.5 Å². The number of carbonyl (C=O) groups excluding carboxylic acids is 3. The Labute approximate surface area is 227 Å². The molecule has 0 saturated heterocycles. The molecule has 4 rings (SSSR count). The van der Waals surface area contributed by atoms with Gasteiger partial charge in [-0.1, -0.05) is 36.4 Å². The van der Waals surface area contributed by atoms with E-state index in [0.717, 1.165) is 11.1 Å². The van der Waals surface area contributed by atoms with E-state index in [1.54, 1.807) is 31.2 Å². The van der Waals surface area contributed by atoms with Crippen molar-refractivity contribution < 1.29 is 23.9 Å². The largest absolute Gasteiger partial charge is 0.466 e. The zero-order valence-corrected chi connectivity index (χ0v) is 22.5. The first-order valence-electron chi connectivity index (χ1n) is 12.7. The second-order valence-electron chi connectivity index (χ2n) is 9.92. The van der Waals surface area contributed by atoms with Gasteiger partial charge in [0.2, 0.25) is 0 Å². The zero-order valence-electron chi connectivity index (χ0n) is 22.5. The number of benzene rings is 2. The Morgan fingerprint density at radius 2 is 1.79 bits per heavy atom. The van der Waals surface area contributed by atoms with Crippen molar-refractivity contribution in [3.63, 3.8) is 0 Å². The lowest BCUT2D eigenvalue weighted by molar-refractivity contribution is -0.142. The zero-order chi connectivity index (χ0) is 28.0. The summed E-state index contributed by atoms with van der Waals surface area (Å²) in [5, 5.41) is 5.67. The summed E-state index contributed by atoms with van der Waals surface area (Å²) in [5.74, 6) is -0.769. The Balaban J connectivity index is 1.59. The van der Waals surface area contributed by atoms with Crippen molar-refractivity contribution in [1.29, 1.82) is 0 Å². The monoisotopic (exact) mass is 528 g/mol. The summed E-state index contributed by atoms with van der Waals surface area (Å²) in [6.45, 7) is 7.74. The average molecular weight is 529 g/mol. The van der Waals surface area contributed by atoms with Gasteiger partial charge in [0.1, 0.15) is 5.60 Å². The summed E-state index contributed by atoms with van der Waals surface area (Å²) in [4.78, 5) is 42.3. The molecule has 2 aromatic heterocycles. The average Bonchev–Trinajstić information content (AvgIpc) is 3.36. The summed E-state index contributed by atoms with van der Waals surface area (Å²) in [6, 6.07) is 18.3. The molecule has 0 unspecified atom stereocenters. The normalized spacial score (nSPS) is 11.2. The third-order valence-electron chi connectivity index (χ3n) is 5.69. The molecule has 202 valence electrons. The molecule has 39 heavy (non-hydrogen) atoms. The number of rotatable bonds is 8. The van der Waals surface area contributed by atoms with Crippen LogP contribution in [0.2, 0.25) is 0 Å². The number of esters is 1. The molecule has 0 aliphatic carbocycles. The highest BCUT2D eigenvalue weighted by molar-refractivity contribution is 6.08. The van der Waals surface area contributed by atoms with E-state index in [9.17, 15) is 14.4 Å². The topological polar surface area (TPSA) is 111 Å². The van der Waals surface area contributed by atoms with E-state index in [0.29, 0.717) is 22.5 Å². The molecule has 2 aromatic carbocycles. The Bertz CT molecular complexity index is 1500. The van der Waals surface area contributed by atoms with E-state index in [2.05, 4.69) is 10.6 Å². The van der Waals surface area contributed by atoms with Gasteiger partial charge in [-0.05, 0) is 63.1 Å². The minimum Gasteiger partial charge on any atom is -0.466 e. The van der Waals surface area contributed by atoms with Crippen molar-refractivity contribution in [3.8, 4) is 11.3 Å². The number of nitrogens with one attached hydrogen (secondary N) is 2. The van der Waals surface area contributed by atoms with Gasteiger partial charge >= 0.3 is 12.1 Å². The SMILES string of the molecule is CCOC(=O)Cc1ccccc1NC(=O)c1nc(-c2cccc(CNC(=O)OC(C)(C)C)c2)cn2cccc12. The molecule has 0 bridgehead atoms. The van der Waals surface area contributed by atoms with Gasteiger partial charge in [0, 0.05) is 30.2 Å². The number of anilines is 1. The van der Waals surface area contributed by atoms with Crippen molar-refractivity contribution in [1.82, 2.24) is 14.7 Å². The number of aromatic nitrogens is 2. The maximum absolute atomic E-state index is 13.5. The lowest BCUT2D eigenvalue weighted by atomic mass is 10.1. The number of amides is 2. The number of carbonyl (C=O) groups is 3. The number of alkyl carbamates (subject to hydrolysis) is 1. The van der Waals surface area contributed by atoms with Crippen molar-refractivity contribution in [3.05, 3.63) is 89.9 Å². The predicted octanol–water partition coefficient (Wildman–Crippen LogP) is 5.38. The van der Waals surface area contributed by atoms with E-state index in [1.165, 1.54) is 0 Å².